The monoisotopic (exact) mass is 422 g/mol. The summed E-state index contributed by atoms with van der Waals surface area (Å²) < 4.78 is 2.87. The molecule has 0 atom stereocenters. The molecule has 0 saturated carbocycles. The number of alkyl halides is 3. The Morgan fingerprint density at radius 3 is 2.45 bits per heavy atom. The van der Waals surface area contributed by atoms with Gasteiger partial charge in [0.2, 0.25) is 0 Å². The van der Waals surface area contributed by atoms with Crippen molar-refractivity contribution in [3.63, 3.8) is 0 Å². The Labute approximate surface area is 140 Å². The van der Waals surface area contributed by atoms with E-state index < -0.39 is 21.7 Å². The number of urea groups is 1. The number of rotatable bonds is 2. The van der Waals surface area contributed by atoms with E-state index in [0.29, 0.717) is 3.79 Å². The smallest absolute Gasteiger partial charge is 0.350 e. The van der Waals surface area contributed by atoms with E-state index in [-0.39, 0.29) is 10.6 Å². The summed E-state index contributed by atoms with van der Waals surface area (Å²) in [4.78, 5) is 34.5. The van der Waals surface area contributed by atoms with Gasteiger partial charge in [0.1, 0.15) is 4.88 Å². The number of anilines is 1. The van der Waals surface area contributed by atoms with Crippen LogP contribution in [0.4, 0.5) is 10.5 Å². The minimum atomic E-state index is -2.27. The lowest BCUT2D eigenvalue weighted by molar-refractivity contribution is -0.119. The number of imide groups is 1. The lowest BCUT2D eigenvalue weighted by Gasteiger charge is -2.11. The highest BCUT2D eigenvalue weighted by molar-refractivity contribution is 9.11. The maximum absolute atomic E-state index is 11.6. The summed E-state index contributed by atoms with van der Waals surface area (Å²) in [5.41, 5.74) is 0.156. The second-order valence-corrected chi connectivity index (χ2v) is 7.90. The maximum atomic E-state index is 11.6. The number of halogens is 4. The molecule has 1 aromatic rings. The van der Waals surface area contributed by atoms with Gasteiger partial charge in [0.05, 0.1) is 16.6 Å². The van der Waals surface area contributed by atoms with E-state index in [1.54, 1.807) is 0 Å². The van der Waals surface area contributed by atoms with Crippen LogP contribution in [-0.4, -0.2) is 28.8 Å². The summed E-state index contributed by atoms with van der Waals surface area (Å²) >= 11 is 20.1. The first-order valence-corrected chi connectivity index (χ1v) is 7.46. The summed E-state index contributed by atoms with van der Waals surface area (Å²) in [6.07, 6.45) is 0. The van der Waals surface area contributed by atoms with Gasteiger partial charge in [0.15, 0.2) is 0 Å². The fourth-order valence-electron chi connectivity index (χ4n) is 1.03. The quantitative estimate of drug-likeness (QED) is 0.564. The lowest BCUT2D eigenvalue weighted by atomic mass is 10.4. The van der Waals surface area contributed by atoms with Gasteiger partial charge >= 0.3 is 12.0 Å². The van der Waals surface area contributed by atoms with Gasteiger partial charge in [-0.25, -0.2) is 9.59 Å². The highest BCUT2D eigenvalue weighted by Crippen LogP contribution is 2.32. The van der Waals surface area contributed by atoms with Crippen molar-refractivity contribution >= 4 is 85.7 Å². The molecule has 0 aliphatic carbocycles. The molecule has 2 N–H and O–H groups in total. The Hall–Kier alpha value is -0.540. The third-order valence-electron chi connectivity index (χ3n) is 1.81. The first-order chi connectivity index (χ1) is 9.15. The fourth-order valence-corrected chi connectivity index (χ4v) is 2.64. The molecule has 6 nitrogen and oxygen atoms in total. The number of hydrogen-bond acceptors (Lipinski definition) is 5. The second-order valence-electron chi connectivity index (χ2n) is 3.19. The van der Waals surface area contributed by atoms with Crippen LogP contribution in [0.5, 0.6) is 0 Å². The maximum Gasteiger partial charge on any atom is 0.350 e. The van der Waals surface area contributed by atoms with Crippen molar-refractivity contribution < 1.29 is 19.1 Å². The Morgan fingerprint density at radius 2 is 1.95 bits per heavy atom. The van der Waals surface area contributed by atoms with Gasteiger partial charge in [-0.1, -0.05) is 34.8 Å². The highest BCUT2D eigenvalue weighted by atomic mass is 79.9. The van der Waals surface area contributed by atoms with Crippen LogP contribution < -0.4 is 10.6 Å². The summed E-state index contributed by atoms with van der Waals surface area (Å²) in [5, 5.41) is 4.10. The van der Waals surface area contributed by atoms with Crippen LogP contribution in [0.15, 0.2) is 9.85 Å². The fraction of sp³-hybridized carbons (Fsp3) is 0.222. The number of nitrogens with one attached hydrogen (secondary N) is 2. The molecule has 0 aliphatic rings. The van der Waals surface area contributed by atoms with E-state index in [1.165, 1.54) is 13.2 Å². The molecule has 1 rings (SSSR count). The Kier molecular flexibility index (Phi) is 6.08. The van der Waals surface area contributed by atoms with E-state index in [1.807, 2.05) is 5.32 Å². The molecule has 20 heavy (non-hydrogen) atoms. The van der Waals surface area contributed by atoms with Crippen molar-refractivity contribution in [1.82, 2.24) is 5.32 Å². The molecule has 1 aromatic heterocycles. The largest absolute Gasteiger partial charge is 0.465 e. The molecule has 1 heterocycles. The molecule has 11 heteroatoms. The van der Waals surface area contributed by atoms with Crippen LogP contribution in [0.1, 0.15) is 9.67 Å². The van der Waals surface area contributed by atoms with Crippen LogP contribution in [-0.2, 0) is 9.53 Å². The van der Waals surface area contributed by atoms with Gasteiger partial charge in [-0.3, -0.25) is 10.1 Å². The molecular weight excluding hydrogens is 418 g/mol. The minimum absolute atomic E-state index is 0.149. The van der Waals surface area contributed by atoms with Crippen LogP contribution in [0.3, 0.4) is 0 Å². The molecule has 0 fully saturated rings. The normalized spacial score (nSPS) is 10.8. The summed E-state index contributed by atoms with van der Waals surface area (Å²) in [5.74, 6) is -1.75. The van der Waals surface area contributed by atoms with E-state index in [4.69, 9.17) is 34.8 Å². The number of hydrogen-bond donors (Lipinski definition) is 2. The third-order valence-corrected chi connectivity index (χ3v) is 3.94. The highest BCUT2D eigenvalue weighted by Gasteiger charge is 2.32. The third kappa shape index (κ3) is 4.78. The zero-order valence-corrected chi connectivity index (χ0v) is 14.3. The van der Waals surface area contributed by atoms with Gasteiger partial charge in [-0.2, -0.15) is 0 Å². The van der Waals surface area contributed by atoms with Crippen LogP contribution >= 0.6 is 62.1 Å². The van der Waals surface area contributed by atoms with E-state index in [0.717, 1.165) is 11.3 Å². The van der Waals surface area contributed by atoms with Crippen LogP contribution in [0, 0.1) is 0 Å². The number of carbonyl (C=O) groups is 3. The molecule has 0 bridgehead atoms. The Morgan fingerprint density at radius 1 is 1.35 bits per heavy atom. The van der Waals surface area contributed by atoms with E-state index >= 15 is 0 Å². The minimum Gasteiger partial charge on any atom is -0.465 e. The molecular formula is C9H6BrCl3N2O4S. The molecule has 0 radical (unpaired) electrons. The van der Waals surface area contributed by atoms with Crippen LogP contribution in [0.2, 0.25) is 0 Å². The first kappa shape index (κ1) is 17.5. The van der Waals surface area contributed by atoms with Crippen molar-refractivity contribution in [2.45, 2.75) is 3.79 Å². The second kappa shape index (κ2) is 6.95. The lowest BCUT2D eigenvalue weighted by Crippen LogP contribution is -2.41. The van der Waals surface area contributed by atoms with Crippen molar-refractivity contribution in [2.75, 3.05) is 12.4 Å². The van der Waals surface area contributed by atoms with E-state index in [2.05, 4.69) is 26.0 Å². The van der Waals surface area contributed by atoms with Gasteiger partial charge in [-0.05, 0) is 22.0 Å². The van der Waals surface area contributed by atoms with Crippen molar-refractivity contribution in [1.29, 1.82) is 0 Å². The Bertz CT molecular complexity index is 558. The zero-order valence-electron chi connectivity index (χ0n) is 9.63. The topological polar surface area (TPSA) is 84.5 Å². The summed E-state index contributed by atoms with van der Waals surface area (Å²) in [6.45, 7) is 0. The SMILES string of the molecule is COC(=O)c1sc(Br)cc1NC(=O)NC(=O)C(Cl)(Cl)Cl. The van der Waals surface area contributed by atoms with E-state index in [9.17, 15) is 14.4 Å². The predicted molar refractivity (Wildman–Crippen MR) is 80.8 cm³/mol. The average molecular weight is 424 g/mol. The molecule has 110 valence electrons. The first-order valence-electron chi connectivity index (χ1n) is 4.72. The number of thiophene rings is 1. The number of ether oxygens (including phenoxy) is 1. The molecule has 0 spiro atoms. The van der Waals surface area contributed by atoms with Gasteiger partial charge in [-0.15, -0.1) is 11.3 Å². The average Bonchev–Trinajstić information content (AvgIpc) is 2.67. The van der Waals surface area contributed by atoms with Gasteiger partial charge in [0.25, 0.3) is 9.70 Å². The number of methoxy groups -OCH3 is 1. The van der Waals surface area contributed by atoms with Crippen molar-refractivity contribution in [2.24, 2.45) is 0 Å². The summed E-state index contributed by atoms with van der Waals surface area (Å²) in [6, 6.07) is 0.521. The molecule has 0 aliphatic heterocycles. The number of amides is 3. The van der Waals surface area contributed by atoms with Gasteiger partial charge < -0.3 is 10.1 Å². The van der Waals surface area contributed by atoms with Crippen LogP contribution in [0.25, 0.3) is 0 Å². The standard InChI is InChI=1S/C9H6BrCl3N2O4S/c1-19-6(16)5-3(2-4(10)20-5)14-8(18)15-7(17)9(11,12)13/h2H,1H3,(H2,14,15,17,18). The number of carbonyl (C=O) groups excluding carboxylic acids is 3. The predicted octanol–water partition coefficient (Wildman–Crippen LogP) is 3.32. The van der Waals surface area contributed by atoms with Crippen molar-refractivity contribution in [3.05, 3.63) is 14.7 Å². The van der Waals surface area contributed by atoms with Gasteiger partial charge in [0, 0.05) is 0 Å². The summed E-state index contributed by atoms with van der Waals surface area (Å²) in [7, 11) is 1.20. The molecule has 3 amide bonds. The zero-order chi connectivity index (χ0) is 15.5. The van der Waals surface area contributed by atoms with Crippen molar-refractivity contribution in [3.8, 4) is 0 Å². The molecule has 0 saturated heterocycles. The number of esters is 1. The Balaban J connectivity index is 2.81. The molecule has 0 aromatic carbocycles. The molecule has 0 unspecified atom stereocenters.